The van der Waals surface area contributed by atoms with Gasteiger partial charge < -0.3 is 19.3 Å². The monoisotopic (exact) mass is 622 g/mol. The molecule has 0 saturated carbocycles. The summed E-state index contributed by atoms with van der Waals surface area (Å²) >= 11 is 1.24. The Morgan fingerprint density at radius 1 is 0.907 bits per heavy atom. The number of pyridine rings is 1. The molecular weight excluding hydrogens is 598 g/mol. The number of amides is 1. The van der Waals surface area contributed by atoms with Gasteiger partial charge in [0.2, 0.25) is 0 Å². The first-order valence-electron chi connectivity index (χ1n) is 12.9. The summed E-state index contributed by atoms with van der Waals surface area (Å²) in [6.07, 6.45) is -6.57. The number of carbonyl (C=O) groups excluding carboxylic acids is 1. The number of anilines is 1. The Hall–Kier alpha value is -4.20. The smallest absolute Gasteiger partial charge is 0.416 e. The van der Waals surface area contributed by atoms with Gasteiger partial charge in [-0.1, -0.05) is 18.2 Å². The van der Waals surface area contributed by atoms with Gasteiger partial charge in [0.15, 0.2) is 16.7 Å². The van der Waals surface area contributed by atoms with E-state index in [1.807, 2.05) is 23.1 Å². The van der Waals surface area contributed by atoms with Crippen LogP contribution in [0.15, 0.2) is 70.7 Å². The highest BCUT2D eigenvalue weighted by Gasteiger charge is 2.38. The standard InChI is InChI=1S/C29H24F6N4O3S/c1-41-23-14-18(5-8-22(23)42-17-19-6-7-20(28(30,31)32)16-21(19)29(33,34)35)15-24-26(40)37-27(43-24)39-12-10-38(11-13-39)25-4-2-3-9-36-25/h2-9,14-16H,10-13,17H2,1H3. The summed E-state index contributed by atoms with van der Waals surface area (Å²) in [5, 5.41) is 0.598. The van der Waals surface area contributed by atoms with Crippen molar-refractivity contribution in [3.63, 3.8) is 0 Å². The molecule has 0 radical (unpaired) electrons. The van der Waals surface area contributed by atoms with E-state index in [-0.39, 0.29) is 17.6 Å². The molecule has 2 aliphatic rings. The maximum atomic E-state index is 13.5. The summed E-state index contributed by atoms with van der Waals surface area (Å²) in [5.74, 6) is 0.734. The Kier molecular flexibility index (Phi) is 8.58. The van der Waals surface area contributed by atoms with Gasteiger partial charge in [0.25, 0.3) is 5.91 Å². The van der Waals surface area contributed by atoms with Crippen LogP contribution in [0.2, 0.25) is 0 Å². The maximum absolute atomic E-state index is 13.5. The number of benzene rings is 2. The van der Waals surface area contributed by atoms with Crippen molar-refractivity contribution < 1.29 is 40.6 Å². The highest BCUT2D eigenvalue weighted by Crippen LogP contribution is 2.39. The van der Waals surface area contributed by atoms with E-state index in [9.17, 15) is 31.1 Å². The number of hydrogen-bond donors (Lipinski definition) is 0. The largest absolute Gasteiger partial charge is 0.493 e. The molecular formula is C29H24F6N4O3S. The quantitative estimate of drug-likeness (QED) is 0.230. The molecule has 1 saturated heterocycles. The summed E-state index contributed by atoms with van der Waals surface area (Å²) in [6.45, 7) is 2.12. The number of aromatic nitrogens is 1. The molecule has 1 amide bonds. The normalized spacial score (nSPS) is 17.0. The van der Waals surface area contributed by atoms with E-state index in [4.69, 9.17) is 9.47 Å². The molecule has 0 spiro atoms. The fraction of sp³-hybridized carbons (Fsp3) is 0.276. The summed E-state index contributed by atoms with van der Waals surface area (Å²) in [6, 6.07) is 11.7. The number of halogens is 6. The summed E-state index contributed by atoms with van der Waals surface area (Å²) < 4.78 is 90.3. The molecule has 2 aromatic carbocycles. The Labute approximate surface area is 246 Å². The van der Waals surface area contributed by atoms with Crippen LogP contribution in [0.5, 0.6) is 11.5 Å². The first kappa shape index (κ1) is 30.3. The van der Waals surface area contributed by atoms with Gasteiger partial charge in [0.05, 0.1) is 23.1 Å². The highest BCUT2D eigenvalue weighted by molar-refractivity contribution is 8.18. The van der Waals surface area contributed by atoms with Gasteiger partial charge in [0, 0.05) is 37.9 Å². The van der Waals surface area contributed by atoms with Gasteiger partial charge in [-0.15, -0.1) is 0 Å². The van der Waals surface area contributed by atoms with E-state index < -0.39 is 41.6 Å². The molecule has 0 unspecified atom stereocenters. The Morgan fingerprint density at radius 3 is 2.30 bits per heavy atom. The number of rotatable bonds is 6. The van der Waals surface area contributed by atoms with Crippen LogP contribution in [0.3, 0.4) is 0 Å². The summed E-state index contributed by atoms with van der Waals surface area (Å²) in [4.78, 5) is 25.8. The average molecular weight is 623 g/mol. The minimum absolute atomic E-state index is 0.0677. The van der Waals surface area contributed by atoms with Crippen molar-refractivity contribution in [1.29, 1.82) is 0 Å². The van der Waals surface area contributed by atoms with Crippen molar-refractivity contribution in [2.24, 2.45) is 4.99 Å². The second-order valence-corrected chi connectivity index (χ2v) is 10.5. The number of carbonyl (C=O) groups is 1. The number of ether oxygens (including phenoxy) is 2. The van der Waals surface area contributed by atoms with Crippen LogP contribution in [0.1, 0.15) is 22.3 Å². The number of nitrogens with zero attached hydrogens (tertiary/aromatic N) is 4. The van der Waals surface area contributed by atoms with Gasteiger partial charge in [-0.2, -0.15) is 31.3 Å². The van der Waals surface area contributed by atoms with Crippen LogP contribution < -0.4 is 14.4 Å². The van der Waals surface area contributed by atoms with Crippen molar-refractivity contribution in [2.45, 2.75) is 19.0 Å². The topological polar surface area (TPSA) is 67.3 Å². The first-order chi connectivity index (χ1) is 20.4. The van der Waals surface area contributed by atoms with Gasteiger partial charge in [-0.25, -0.2) is 4.98 Å². The molecule has 5 rings (SSSR count). The second kappa shape index (κ2) is 12.2. The third-order valence-corrected chi connectivity index (χ3v) is 7.79. The van der Waals surface area contributed by atoms with Crippen LogP contribution in [-0.2, 0) is 23.8 Å². The van der Waals surface area contributed by atoms with E-state index in [1.54, 1.807) is 18.3 Å². The van der Waals surface area contributed by atoms with E-state index in [0.717, 1.165) is 25.0 Å². The van der Waals surface area contributed by atoms with Gasteiger partial charge in [-0.05, 0) is 59.8 Å². The second-order valence-electron chi connectivity index (χ2n) is 9.54. The third kappa shape index (κ3) is 7.07. The molecule has 0 aliphatic carbocycles. The number of methoxy groups -OCH3 is 1. The molecule has 1 fully saturated rings. The van der Waals surface area contributed by atoms with Crippen LogP contribution in [0.25, 0.3) is 6.08 Å². The molecule has 226 valence electrons. The van der Waals surface area contributed by atoms with Crippen molar-refractivity contribution in [3.8, 4) is 11.5 Å². The van der Waals surface area contributed by atoms with Crippen LogP contribution >= 0.6 is 11.8 Å². The number of aliphatic imine (C=N–C) groups is 1. The zero-order valence-corrected chi connectivity index (χ0v) is 23.4. The SMILES string of the molecule is COc1cc(C=C2SC(N3CCN(c4ccccn4)CC3)=NC2=O)ccc1OCc1ccc(C(F)(F)F)cc1C(F)(F)F. The lowest BCUT2D eigenvalue weighted by atomic mass is 10.0. The molecule has 0 atom stereocenters. The Balaban J connectivity index is 1.25. The zero-order valence-electron chi connectivity index (χ0n) is 22.6. The fourth-order valence-electron chi connectivity index (χ4n) is 4.54. The summed E-state index contributed by atoms with van der Waals surface area (Å²) in [7, 11) is 1.33. The maximum Gasteiger partial charge on any atom is 0.416 e. The predicted octanol–water partition coefficient (Wildman–Crippen LogP) is 6.50. The zero-order chi connectivity index (χ0) is 30.8. The number of piperazine rings is 1. The average Bonchev–Trinajstić information content (AvgIpc) is 3.35. The van der Waals surface area contributed by atoms with Gasteiger partial charge in [-0.3, -0.25) is 4.79 Å². The lowest BCUT2D eigenvalue weighted by molar-refractivity contribution is -0.143. The van der Waals surface area contributed by atoms with E-state index >= 15 is 0 Å². The molecule has 0 N–H and O–H groups in total. The van der Waals surface area contributed by atoms with Crippen molar-refractivity contribution >= 4 is 34.7 Å². The third-order valence-electron chi connectivity index (χ3n) is 6.74. The van der Waals surface area contributed by atoms with Crippen LogP contribution in [-0.4, -0.2) is 54.2 Å². The van der Waals surface area contributed by atoms with Crippen molar-refractivity contribution in [3.05, 3.63) is 88.0 Å². The number of alkyl halides is 6. The molecule has 14 heteroatoms. The fourth-order valence-corrected chi connectivity index (χ4v) is 5.51. The van der Waals surface area contributed by atoms with Crippen molar-refractivity contribution in [2.75, 3.05) is 38.2 Å². The molecule has 3 aromatic rings. The van der Waals surface area contributed by atoms with E-state index in [1.165, 1.54) is 31.0 Å². The first-order valence-corrected chi connectivity index (χ1v) is 13.8. The molecule has 0 bridgehead atoms. The minimum Gasteiger partial charge on any atom is -0.493 e. The van der Waals surface area contributed by atoms with E-state index in [2.05, 4.69) is 14.9 Å². The lowest BCUT2D eigenvalue weighted by Crippen LogP contribution is -2.48. The lowest BCUT2D eigenvalue weighted by Gasteiger charge is -2.35. The number of amidine groups is 1. The van der Waals surface area contributed by atoms with Crippen LogP contribution in [0, 0.1) is 0 Å². The minimum atomic E-state index is -5.01. The number of thioether (sulfide) groups is 1. The van der Waals surface area contributed by atoms with Gasteiger partial charge in [0.1, 0.15) is 12.4 Å². The Morgan fingerprint density at radius 2 is 1.65 bits per heavy atom. The molecule has 7 nitrogen and oxygen atoms in total. The van der Waals surface area contributed by atoms with Crippen LogP contribution in [0.4, 0.5) is 32.2 Å². The molecule has 3 heterocycles. The van der Waals surface area contributed by atoms with Gasteiger partial charge >= 0.3 is 12.4 Å². The number of hydrogen-bond acceptors (Lipinski definition) is 7. The Bertz CT molecular complexity index is 1550. The summed E-state index contributed by atoms with van der Waals surface area (Å²) in [5.41, 5.74) is -2.75. The predicted molar refractivity (Wildman–Crippen MR) is 150 cm³/mol. The molecule has 1 aromatic heterocycles. The van der Waals surface area contributed by atoms with E-state index in [0.29, 0.717) is 34.8 Å². The molecule has 2 aliphatic heterocycles. The van der Waals surface area contributed by atoms with Crippen molar-refractivity contribution in [1.82, 2.24) is 9.88 Å². The molecule has 43 heavy (non-hydrogen) atoms. The highest BCUT2D eigenvalue weighted by atomic mass is 32.2.